The number of hydrogen-bond donors (Lipinski definition) is 1. The molecule has 8 nitrogen and oxygen atoms in total. The van der Waals surface area contributed by atoms with Crippen LogP contribution in [0.3, 0.4) is 0 Å². The van der Waals surface area contributed by atoms with Crippen molar-refractivity contribution in [3.05, 3.63) is 24.4 Å². The fraction of sp³-hybridized carbons (Fsp3) is 0.588. The van der Waals surface area contributed by atoms with Gasteiger partial charge in [-0.05, 0) is 31.4 Å². The second kappa shape index (κ2) is 8.15. The van der Waals surface area contributed by atoms with Gasteiger partial charge in [-0.15, -0.1) is 0 Å². The SMILES string of the molecule is CC(C)CNC(=O)CN1CCCC[C@@H]1c1nc(-c2ncccn2)no1. The lowest BCUT2D eigenvalue weighted by Gasteiger charge is -2.32. The maximum Gasteiger partial charge on any atom is 0.244 e. The lowest BCUT2D eigenvalue weighted by atomic mass is 10.0. The zero-order chi connectivity index (χ0) is 17.6. The molecular weight excluding hydrogens is 320 g/mol. The van der Waals surface area contributed by atoms with Crippen molar-refractivity contribution >= 4 is 5.91 Å². The van der Waals surface area contributed by atoms with E-state index >= 15 is 0 Å². The van der Waals surface area contributed by atoms with Gasteiger partial charge in [0.05, 0.1) is 12.6 Å². The maximum absolute atomic E-state index is 12.2. The molecule has 25 heavy (non-hydrogen) atoms. The van der Waals surface area contributed by atoms with Crippen molar-refractivity contribution in [3.8, 4) is 11.6 Å². The molecule has 1 atom stereocenters. The van der Waals surface area contributed by atoms with Crippen LogP contribution in [-0.2, 0) is 4.79 Å². The summed E-state index contributed by atoms with van der Waals surface area (Å²) in [6, 6.07) is 1.70. The van der Waals surface area contributed by atoms with E-state index in [-0.39, 0.29) is 11.9 Å². The second-order valence-corrected chi connectivity index (χ2v) is 6.71. The molecule has 1 aliphatic rings. The Balaban J connectivity index is 1.69. The summed E-state index contributed by atoms with van der Waals surface area (Å²) in [5.74, 6) is 1.82. The number of carbonyl (C=O) groups excluding carboxylic acids is 1. The van der Waals surface area contributed by atoms with Gasteiger partial charge in [0.2, 0.25) is 23.4 Å². The first-order chi connectivity index (χ1) is 12.1. The molecule has 0 aliphatic carbocycles. The summed E-state index contributed by atoms with van der Waals surface area (Å²) in [4.78, 5) is 27.0. The van der Waals surface area contributed by atoms with E-state index in [2.05, 4.69) is 44.2 Å². The number of nitrogens with zero attached hydrogens (tertiary/aromatic N) is 5. The summed E-state index contributed by atoms with van der Waals surface area (Å²) in [7, 11) is 0. The monoisotopic (exact) mass is 344 g/mol. The zero-order valence-corrected chi connectivity index (χ0v) is 14.7. The van der Waals surface area contributed by atoms with Gasteiger partial charge >= 0.3 is 0 Å². The van der Waals surface area contributed by atoms with Crippen LogP contribution in [0.2, 0.25) is 0 Å². The fourth-order valence-corrected chi connectivity index (χ4v) is 2.89. The van der Waals surface area contributed by atoms with Gasteiger partial charge in [-0.3, -0.25) is 9.69 Å². The number of nitrogens with one attached hydrogen (secondary N) is 1. The van der Waals surface area contributed by atoms with Crippen LogP contribution in [0.5, 0.6) is 0 Å². The largest absolute Gasteiger partial charge is 0.355 e. The summed E-state index contributed by atoms with van der Waals surface area (Å²) in [6.45, 7) is 6.04. The van der Waals surface area contributed by atoms with Crippen molar-refractivity contribution in [2.75, 3.05) is 19.6 Å². The average Bonchev–Trinajstić information content (AvgIpc) is 3.11. The third-order valence-electron chi connectivity index (χ3n) is 4.16. The lowest BCUT2D eigenvalue weighted by molar-refractivity contribution is -0.123. The molecule has 3 rings (SSSR count). The number of amides is 1. The third-order valence-corrected chi connectivity index (χ3v) is 4.16. The van der Waals surface area contributed by atoms with Crippen LogP contribution >= 0.6 is 0 Å². The summed E-state index contributed by atoms with van der Waals surface area (Å²) in [5.41, 5.74) is 0. The summed E-state index contributed by atoms with van der Waals surface area (Å²) in [5, 5.41) is 6.96. The molecule has 1 fully saturated rings. The molecule has 0 unspecified atom stereocenters. The summed E-state index contributed by atoms with van der Waals surface area (Å²) in [6.07, 6.45) is 6.33. The Morgan fingerprint density at radius 1 is 1.32 bits per heavy atom. The van der Waals surface area contributed by atoms with E-state index in [9.17, 15) is 4.79 Å². The van der Waals surface area contributed by atoms with Gasteiger partial charge in [-0.25, -0.2) is 9.97 Å². The molecule has 3 heterocycles. The summed E-state index contributed by atoms with van der Waals surface area (Å²) < 4.78 is 5.45. The highest BCUT2D eigenvalue weighted by atomic mass is 16.5. The first kappa shape index (κ1) is 17.5. The molecule has 2 aromatic rings. The van der Waals surface area contributed by atoms with E-state index in [1.54, 1.807) is 18.5 Å². The van der Waals surface area contributed by atoms with Crippen LogP contribution < -0.4 is 5.32 Å². The first-order valence-corrected chi connectivity index (χ1v) is 8.75. The van der Waals surface area contributed by atoms with Crippen molar-refractivity contribution in [1.82, 2.24) is 30.3 Å². The first-order valence-electron chi connectivity index (χ1n) is 8.75. The van der Waals surface area contributed by atoms with Crippen molar-refractivity contribution in [1.29, 1.82) is 0 Å². The van der Waals surface area contributed by atoms with Crippen LogP contribution in [0, 0.1) is 5.92 Å². The van der Waals surface area contributed by atoms with Crippen LogP contribution in [0.15, 0.2) is 23.0 Å². The van der Waals surface area contributed by atoms with Crippen molar-refractivity contribution in [3.63, 3.8) is 0 Å². The number of piperidine rings is 1. The molecule has 0 radical (unpaired) electrons. The normalized spacial score (nSPS) is 18.4. The molecule has 0 saturated carbocycles. The summed E-state index contributed by atoms with van der Waals surface area (Å²) >= 11 is 0. The number of aromatic nitrogens is 4. The molecule has 1 aliphatic heterocycles. The zero-order valence-electron chi connectivity index (χ0n) is 14.7. The lowest BCUT2D eigenvalue weighted by Crippen LogP contribution is -2.42. The molecule has 2 aromatic heterocycles. The van der Waals surface area contributed by atoms with Crippen LogP contribution in [0.25, 0.3) is 11.6 Å². The highest BCUT2D eigenvalue weighted by Crippen LogP contribution is 2.30. The molecule has 8 heteroatoms. The van der Waals surface area contributed by atoms with Gasteiger partial charge in [0.15, 0.2) is 0 Å². The van der Waals surface area contributed by atoms with Gasteiger partial charge in [-0.2, -0.15) is 4.98 Å². The van der Waals surface area contributed by atoms with E-state index in [1.807, 2.05) is 0 Å². The van der Waals surface area contributed by atoms with E-state index in [4.69, 9.17) is 4.52 Å². The highest BCUT2D eigenvalue weighted by molar-refractivity contribution is 5.78. The Labute approximate surface area is 147 Å². The molecule has 1 saturated heterocycles. The Morgan fingerprint density at radius 2 is 2.12 bits per heavy atom. The number of likely N-dealkylation sites (tertiary alicyclic amines) is 1. The van der Waals surface area contributed by atoms with Gasteiger partial charge < -0.3 is 9.84 Å². The van der Waals surface area contributed by atoms with Crippen LogP contribution in [-0.4, -0.2) is 50.5 Å². The quantitative estimate of drug-likeness (QED) is 0.853. The van der Waals surface area contributed by atoms with Gasteiger partial charge in [0.25, 0.3) is 0 Å². The molecule has 0 spiro atoms. The number of rotatable bonds is 6. The minimum atomic E-state index is -0.0384. The highest BCUT2D eigenvalue weighted by Gasteiger charge is 2.30. The average molecular weight is 344 g/mol. The second-order valence-electron chi connectivity index (χ2n) is 6.71. The van der Waals surface area contributed by atoms with Crippen LogP contribution in [0.4, 0.5) is 0 Å². The smallest absolute Gasteiger partial charge is 0.244 e. The van der Waals surface area contributed by atoms with Crippen molar-refractivity contribution in [2.45, 2.75) is 39.2 Å². The maximum atomic E-state index is 12.2. The van der Waals surface area contributed by atoms with E-state index in [0.717, 1.165) is 25.8 Å². The minimum absolute atomic E-state index is 0.0340. The fourth-order valence-electron chi connectivity index (χ4n) is 2.89. The Hall–Kier alpha value is -2.35. The standard InChI is InChI=1S/C17H24N6O2/c1-12(2)10-20-14(24)11-23-9-4-3-6-13(23)17-21-16(22-25-17)15-18-7-5-8-19-15/h5,7-8,12-13H,3-4,6,9-11H2,1-2H3,(H,20,24)/t13-/m1/s1. The van der Waals surface area contributed by atoms with Gasteiger partial charge in [-0.1, -0.05) is 25.4 Å². The molecule has 134 valence electrons. The van der Waals surface area contributed by atoms with E-state index < -0.39 is 0 Å². The Morgan fingerprint density at radius 3 is 2.88 bits per heavy atom. The van der Waals surface area contributed by atoms with Gasteiger partial charge in [0, 0.05) is 18.9 Å². The molecule has 0 aromatic carbocycles. The van der Waals surface area contributed by atoms with Crippen LogP contribution in [0.1, 0.15) is 45.0 Å². The Kier molecular flexibility index (Phi) is 5.70. The number of hydrogen-bond acceptors (Lipinski definition) is 7. The third kappa shape index (κ3) is 4.60. The predicted molar refractivity (Wildman–Crippen MR) is 91.3 cm³/mol. The van der Waals surface area contributed by atoms with Crippen molar-refractivity contribution in [2.24, 2.45) is 5.92 Å². The molecule has 0 bridgehead atoms. The van der Waals surface area contributed by atoms with Gasteiger partial charge in [0.1, 0.15) is 0 Å². The molecule has 1 N–H and O–H groups in total. The molecule has 1 amide bonds. The Bertz CT molecular complexity index is 687. The van der Waals surface area contributed by atoms with Crippen molar-refractivity contribution < 1.29 is 9.32 Å². The predicted octanol–water partition coefficient (Wildman–Crippen LogP) is 1.83. The molecular formula is C17H24N6O2. The minimum Gasteiger partial charge on any atom is -0.355 e. The number of carbonyl (C=O) groups is 1. The van der Waals surface area contributed by atoms with E-state index in [1.165, 1.54) is 0 Å². The topological polar surface area (TPSA) is 97.0 Å². The van der Waals surface area contributed by atoms with E-state index in [0.29, 0.717) is 36.5 Å².